The van der Waals surface area contributed by atoms with Gasteiger partial charge in [0.25, 0.3) is 5.91 Å². The maximum absolute atomic E-state index is 12.7. The zero-order valence-electron chi connectivity index (χ0n) is 14.7. The highest BCUT2D eigenvalue weighted by atomic mass is 16.5. The molecule has 1 fully saturated rings. The Bertz CT molecular complexity index is 875. The molecule has 1 aliphatic heterocycles. The Morgan fingerprint density at radius 2 is 2.08 bits per heavy atom. The molecule has 3 rings (SSSR count). The van der Waals surface area contributed by atoms with E-state index in [1.807, 2.05) is 0 Å². The van der Waals surface area contributed by atoms with Crippen molar-refractivity contribution in [1.29, 1.82) is 0 Å². The highest BCUT2D eigenvalue weighted by Gasteiger charge is 2.51. The summed E-state index contributed by atoms with van der Waals surface area (Å²) in [5.41, 5.74) is -0.826. The molecule has 4 amide bonds. The summed E-state index contributed by atoms with van der Waals surface area (Å²) in [6, 6.07) is 9.47. The molecule has 1 unspecified atom stereocenters. The summed E-state index contributed by atoms with van der Waals surface area (Å²) < 4.78 is 10.6. The monoisotopic (exact) mass is 357 g/mol. The normalized spacial score (nSPS) is 19.4. The summed E-state index contributed by atoms with van der Waals surface area (Å²) in [4.78, 5) is 38.1. The van der Waals surface area contributed by atoms with Crippen molar-refractivity contribution in [3.63, 3.8) is 0 Å². The van der Waals surface area contributed by atoms with Crippen LogP contribution in [0.1, 0.15) is 18.4 Å². The molecule has 0 aliphatic carbocycles. The van der Waals surface area contributed by atoms with Crippen molar-refractivity contribution in [2.24, 2.45) is 0 Å². The van der Waals surface area contributed by atoms with Gasteiger partial charge in [0, 0.05) is 11.8 Å². The minimum Gasteiger partial charge on any atom is -0.497 e. The SMILES string of the molecule is COc1cccc(NC(=O)CN2C(=O)NC(C)(c3ccc(C)o3)C2=O)c1. The standard InChI is InChI=1S/C18H19N3O5/c1-11-7-8-14(26-11)18(2)16(23)21(17(24)20-18)10-15(22)19-12-5-4-6-13(9-12)25-3/h4-9H,10H2,1-3H3,(H,19,22)(H,20,24). The lowest BCUT2D eigenvalue weighted by Gasteiger charge is -2.19. The summed E-state index contributed by atoms with van der Waals surface area (Å²) in [6.45, 7) is 2.89. The van der Waals surface area contributed by atoms with Gasteiger partial charge in [-0.05, 0) is 38.1 Å². The molecule has 26 heavy (non-hydrogen) atoms. The van der Waals surface area contributed by atoms with Gasteiger partial charge in [-0.2, -0.15) is 0 Å². The van der Waals surface area contributed by atoms with Crippen LogP contribution in [0.25, 0.3) is 0 Å². The van der Waals surface area contributed by atoms with Crippen LogP contribution >= 0.6 is 0 Å². The quantitative estimate of drug-likeness (QED) is 0.797. The maximum Gasteiger partial charge on any atom is 0.325 e. The van der Waals surface area contributed by atoms with Crippen molar-refractivity contribution in [1.82, 2.24) is 10.2 Å². The van der Waals surface area contributed by atoms with E-state index in [9.17, 15) is 14.4 Å². The minimum atomic E-state index is -1.33. The summed E-state index contributed by atoms with van der Waals surface area (Å²) >= 11 is 0. The van der Waals surface area contributed by atoms with Gasteiger partial charge in [-0.25, -0.2) is 4.79 Å². The summed E-state index contributed by atoms with van der Waals surface area (Å²) in [5.74, 6) is 0.486. The Balaban J connectivity index is 1.72. The molecule has 1 atom stereocenters. The minimum absolute atomic E-state index is 0.323. The Morgan fingerprint density at radius 1 is 1.31 bits per heavy atom. The third-order valence-corrected chi connectivity index (χ3v) is 4.16. The second kappa shape index (κ2) is 6.55. The highest BCUT2D eigenvalue weighted by Crippen LogP contribution is 2.30. The third-order valence-electron chi connectivity index (χ3n) is 4.16. The molecule has 2 heterocycles. The van der Waals surface area contributed by atoms with E-state index in [0.29, 0.717) is 23.0 Å². The van der Waals surface area contributed by atoms with E-state index in [4.69, 9.17) is 9.15 Å². The summed E-state index contributed by atoms with van der Waals surface area (Å²) in [6.07, 6.45) is 0. The number of carbonyl (C=O) groups is 3. The molecule has 8 nitrogen and oxygen atoms in total. The number of rotatable bonds is 5. The van der Waals surface area contributed by atoms with Crippen molar-refractivity contribution in [3.8, 4) is 5.75 Å². The molecule has 8 heteroatoms. The number of urea groups is 1. The number of amides is 4. The van der Waals surface area contributed by atoms with Gasteiger partial charge in [-0.3, -0.25) is 14.5 Å². The van der Waals surface area contributed by atoms with Crippen molar-refractivity contribution in [2.45, 2.75) is 19.4 Å². The van der Waals surface area contributed by atoms with E-state index in [1.165, 1.54) is 7.11 Å². The number of nitrogens with zero attached hydrogens (tertiary/aromatic N) is 1. The topological polar surface area (TPSA) is 101 Å². The van der Waals surface area contributed by atoms with Crippen LogP contribution in [-0.2, 0) is 15.1 Å². The van der Waals surface area contributed by atoms with Crippen LogP contribution in [0.3, 0.4) is 0 Å². The number of aryl methyl sites for hydroxylation is 1. The molecule has 0 spiro atoms. The number of nitrogens with one attached hydrogen (secondary N) is 2. The lowest BCUT2D eigenvalue weighted by molar-refractivity contribution is -0.134. The average Bonchev–Trinajstić information content (AvgIpc) is 3.13. The molecule has 0 saturated carbocycles. The van der Waals surface area contributed by atoms with Crippen LogP contribution in [0, 0.1) is 6.92 Å². The first-order chi connectivity index (χ1) is 12.3. The highest BCUT2D eigenvalue weighted by molar-refractivity contribution is 6.10. The molecular weight excluding hydrogens is 338 g/mol. The molecule has 1 aliphatic rings. The van der Waals surface area contributed by atoms with Gasteiger partial charge in [0.15, 0.2) is 5.54 Å². The molecule has 1 aromatic heterocycles. The fourth-order valence-electron chi connectivity index (χ4n) is 2.76. The molecule has 0 bridgehead atoms. The predicted octanol–water partition coefficient (Wildman–Crippen LogP) is 2.00. The first-order valence-corrected chi connectivity index (χ1v) is 7.98. The first-order valence-electron chi connectivity index (χ1n) is 7.98. The number of ether oxygens (including phenoxy) is 1. The summed E-state index contributed by atoms with van der Waals surface area (Å²) in [7, 11) is 1.52. The largest absolute Gasteiger partial charge is 0.497 e. The number of furan rings is 1. The molecule has 2 N–H and O–H groups in total. The lowest BCUT2D eigenvalue weighted by atomic mass is 9.99. The zero-order valence-corrected chi connectivity index (χ0v) is 14.7. The first kappa shape index (κ1) is 17.5. The van der Waals surface area contributed by atoms with Crippen LogP contribution in [0.4, 0.5) is 10.5 Å². The second-order valence-electron chi connectivity index (χ2n) is 6.14. The maximum atomic E-state index is 12.7. The van der Waals surface area contributed by atoms with E-state index in [2.05, 4.69) is 10.6 Å². The van der Waals surface area contributed by atoms with Gasteiger partial charge in [-0.15, -0.1) is 0 Å². The Morgan fingerprint density at radius 3 is 2.73 bits per heavy atom. The van der Waals surface area contributed by atoms with E-state index in [1.54, 1.807) is 50.2 Å². The van der Waals surface area contributed by atoms with Crippen LogP contribution in [0.5, 0.6) is 5.75 Å². The van der Waals surface area contributed by atoms with Gasteiger partial charge in [-0.1, -0.05) is 6.07 Å². The van der Waals surface area contributed by atoms with Crippen molar-refractivity contribution >= 4 is 23.5 Å². The number of carbonyl (C=O) groups excluding carboxylic acids is 3. The van der Waals surface area contributed by atoms with E-state index >= 15 is 0 Å². The zero-order chi connectivity index (χ0) is 18.9. The Labute approximate surface area is 150 Å². The molecule has 2 aromatic rings. The van der Waals surface area contributed by atoms with E-state index < -0.39 is 29.9 Å². The van der Waals surface area contributed by atoms with Crippen LogP contribution < -0.4 is 15.4 Å². The fraction of sp³-hybridized carbons (Fsp3) is 0.278. The number of benzene rings is 1. The fourth-order valence-corrected chi connectivity index (χ4v) is 2.76. The molecule has 1 aromatic carbocycles. The lowest BCUT2D eigenvalue weighted by Crippen LogP contribution is -2.41. The van der Waals surface area contributed by atoms with E-state index in [-0.39, 0.29) is 0 Å². The van der Waals surface area contributed by atoms with Gasteiger partial charge < -0.3 is 19.8 Å². The van der Waals surface area contributed by atoms with Crippen LogP contribution in [0.2, 0.25) is 0 Å². The number of methoxy groups -OCH3 is 1. The van der Waals surface area contributed by atoms with Gasteiger partial charge in [0.05, 0.1) is 7.11 Å². The number of hydrogen-bond donors (Lipinski definition) is 2. The van der Waals surface area contributed by atoms with E-state index in [0.717, 1.165) is 4.90 Å². The van der Waals surface area contributed by atoms with Gasteiger partial charge in [0.2, 0.25) is 5.91 Å². The van der Waals surface area contributed by atoms with Crippen molar-refractivity contribution in [2.75, 3.05) is 19.0 Å². The van der Waals surface area contributed by atoms with Crippen molar-refractivity contribution < 1.29 is 23.5 Å². The number of imide groups is 1. The van der Waals surface area contributed by atoms with Gasteiger partial charge in [0.1, 0.15) is 23.8 Å². The predicted molar refractivity (Wildman–Crippen MR) is 92.7 cm³/mol. The van der Waals surface area contributed by atoms with Crippen LogP contribution in [0.15, 0.2) is 40.8 Å². The molecule has 0 radical (unpaired) electrons. The Kier molecular flexibility index (Phi) is 4.41. The molecule has 1 saturated heterocycles. The average molecular weight is 357 g/mol. The van der Waals surface area contributed by atoms with Gasteiger partial charge >= 0.3 is 6.03 Å². The third kappa shape index (κ3) is 3.13. The summed E-state index contributed by atoms with van der Waals surface area (Å²) in [5, 5.41) is 5.23. The van der Waals surface area contributed by atoms with Crippen LogP contribution in [-0.4, -0.2) is 36.4 Å². The molecular formula is C18H19N3O5. The van der Waals surface area contributed by atoms with Crippen molar-refractivity contribution in [3.05, 3.63) is 47.9 Å². The number of anilines is 1. The second-order valence-corrected chi connectivity index (χ2v) is 6.14. The smallest absolute Gasteiger partial charge is 0.325 e. The molecule has 136 valence electrons. The Hall–Kier alpha value is -3.29. The number of hydrogen-bond acceptors (Lipinski definition) is 5.